The molecule has 3 nitrogen and oxygen atoms in total. The van der Waals surface area contributed by atoms with E-state index in [0.717, 1.165) is 23.7 Å². The molecule has 4 heteroatoms. The highest BCUT2D eigenvalue weighted by Gasteiger charge is 2.26. The quantitative estimate of drug-likeness (QED) is 0.477. The van der Waals surface area contributed by atoms with Crippen LogP contribution in [0.5, 0.6) is 11.5 Å². The predicted molar refractivity (Wildman–Crippen MR) is 118 cm³/mol. The second kappa shape index (κ2) is 12.7. The van der Waals surface area contributed by atoms with Crippen LogP contribution >= 0.6 is 11.8 Å². The Bertz CT molecular complexity index is 648. The van der Waals surface area contributed by atoms with Gasteiger partial charge in [-0.15, -0.1) is 11.8 Å². The largest absolute Gasteiger partial charge is 0.504 e. The van der Waals surface area contributed by atoms with Crippen molar-refractivity contribution in [1.29, 1.82) is 0 Å². The monoisotopic (exact) mass is 389 g/mol. The average molecular weight is 390 g/mol. The maximum absolute atomic E-state index is 9.56. The Morgan fingerprint density at radius 2 is 1.67 bits per heavy atom. The zero-order chi connectivity index (χ0) is 20.2. The van der Waals surface area contributed by atoms with E-state index in [0.29, 0.717) is 12.0 Å². The number of nitrogens with zero attached hydrogens (tertiary/aromatic N) is 1. The van der Waals surface area contributed by atoms with E-state index in [1.807, 2.05) is 33.8 Å². The number of aromatic hydroxyl groups is 2. The first-order chi connectivity index (χ1) is 13.1. The minimum atomic E-state index is -0.0624. The first-order valence-electron chi connectivity index (χ1n) is 10.1. The van der Waals surface area contributed by atoms with Gasteiger partial charge in [0.1, 0.15) is 0 Å². The van der Waals surface area contributed by atoms with E-state index in [9.17, 15) is 10.2 Å². The minimum absolute atomic E-state index is 0.0482. The molecule has 0 amide bonds. The van der Waals surface area contributed by atoms with Crippen LogP contribution in [0.4, 0.5) is 0 Å². The van der Waals surface area contributed by atoms with Crippen LogP contribution in [-0.4, -0.2) is 40.0 Å². The lowest BCUT2D eigenvalue weighted by atomic mass is 9.99. The number of benzene rings is 2. The third kappa shape index (κ3) is 7.11. The lowest BCUT2D eigenvalue weighted by Crippen LogP contribution is -2.32. The lowest BCUT2D eigenvalue weighted by molar-refractivity contribution is 0.276. The van der Waals surface area contributed by atoms with Gasteiger partial charge in [0.2, 0.25) is 0 Å². The average Bonchev–Trinajstić information content (AvgIpc) is 3.23. The van der Waals surface area contributed by atoms with Crippen LogP contribution in [0.15, 0.2) is 53.4 Å². The summed E-state index contributed by atoms with van der Waals surface area (Å²) in [5.41, 5.74) is 1.44. The molecule has 0 saturated carbocycles. The third-order valence-electron chi connectivity index (χ3n) is 4.55. The Kier molecular flexibility index (Phi) is 11.0. The fourth-order valence-corrected chi connectivity index (χ4v) is 4.10. The molecule has 0 aliphatic carbocycles. The summed E-state index contributed by atoms with van der Waals surface area (Å²) in [7, 11) is 0. The van der Waals surface area contributed by atoms with E-state index in [1.165, 1.54) is 12.0 Å². The summed E-state index contributed by atoms with van der Waals surface area (Å²) in [5, 5.41) is 18.9. The maximum atomic E-state index is 9.56. The molecule has 0 bridgehead atoms. The lowest BCUT2D eigenvalue weighted by Gasteiger charge is -2.24. The Morgan fingerprint density at radius 1 is 1.00 bits per heavy atom. The van der Waals surface area contributed by atoms with Crippen molar-refractivity contribution in [2.75, 3.05) is 18.8 Å². The molecule has 1 heterocycles. The normalized spacial score (nSPS) is 17.3. The van der Waals surface area contributed by atoms with Crippen LogP contribution in [0, 0.1) is 0 Å². The van der Waals surface area contributed by atoms with Crippen LogP contribution in [0.1, 0.15) is 52.5 Å². The topological polar surface area (TPSA) is 43.7 Å². The van der Waals surface area contributed by atoms with Crippen molar-refractivity contribution in [3.05, 3.63) is 54.1 Å². The molecule has 2 aromatic carbocycles. The summed E-state index contributed by atoms with van der Waals surface area (Å²) in [6, 6.07) is 16.3. The van der Waals surface area contributed by atoms with Gasteiger partial charge in [-0.2, -0.15) is 0 Å². The zero-order valence-electron chi connectivity index (χ0n) is 17.4. The molecule has 0 aromatic heterocycles. The Balaban J connectivity index is 0.000000855. The van der Waals surface area contributed by atoms with Crippen LogP contribution < -0.4 is 0 Å². The smallest absolute Gasteiger partial charge is 0.158 e. The second-order valence-corrected chi connectivity index (χ2v) is 7.30. The van der Waals surface area contributed by atoms with Crippen molar-refractivity contribution in [1.82, 2.24) is 4.90 Å². The van der Waals surface area contributed by atoms with Crippen molar-refractivity contribution < 1.29 is 10.2 Å². The van der Waals surface area contributed by atoms with Crippen LogP contribution in [-0.2, 0) is 0 Å². The van der Waals surface area contributed by atoms with Gasteiger partial charge in [-0.25, -0.2) is 0 Å². The fourth-order valence-electron chi connectivity index (χ4n) is 3.10. The molecule has 1 saturated heterocycles. The molecule has 150 valence electrons. The molecule has 27 heavy (non-hydrogen) atoms. The Labute approximate surface area is 169 Å². The van der Waals surface area contributed by atoms with Crippen LogP contribution in [0.2, 0.25) is 0 Å². The van der Waals surface area contributed by atoms with Gasteiger partial charge < -0.3 is 10.2 Å². The Hall–Kier alpha value is -1.65. The molecule has 2 aromatic rings. The van der Waals surface area contributed by atoms with Crippen LogP contribution in [0.3, 0.4) is 0 Å². The standard InChI is InChI=1S/C19H23NO2S.2C2H6/c1-14(13-23-17-7-8-18(21)19(22)11-17)20-10-9-16(12-20)15-5-3-2-4-6-15;2*1-2/h2-8,11,14,16,21-22H,9-10,12-13H2,1H3;2*1-2H3. The van der Waals surface area contributed by atoms with Crippen molar-refractivity contribution >= 4 is 11.8 Å². The van der Waals surface area contributed by atoms with Gasteiger partial charge in [-0.05, 0) is 49.6 Å². The van der Waals surface area contributed by atoms with Gasteiger partial charge in [0.05, 0.1) is 0 Å². The van der Waals surface area contributed by atoms with Crippen molar-refractivity contribution in [3.8, 4) is 11.5 Å². The summed E-state index contributed by atoms with van der Waals surface area (Å²) < 4.78 is 0. The maximum Gasteiger partial charge on any atom is 0.158 e. The molecule has 0 spiro atoms. The molecule has 2 unspecified atom stereocenters. The summed E-state index contributed by atoms with van der Waals surface area (Å²) in [4.78, 5) is 3.54. The number of thioether (sulfide) groups is 1. The van der Waals surface area contributed by atoms with Crippen molar-refractivity contribution in [3.63, 3.8) is 0 Å². The SMILES string of the molecule is CC.CC.CC(CSc1ccc(O)c(O)c1)N1CCC(c2ccccc2)C1. The molecule has 0 radical (unpaired) electrons. The second-order valence-electron chi connectivity index (χ2n) is 6.20. The highest BCUT2D eigenvalue weighted by Crippen LogP contribution is 2.32. The molecule has 3 rings (SSSR count). The van der Waals surface area contributed by atoms with Gasteiger partial charge in [0, 0.05) is 23.2 Å². The summed E-state index contributed by atoms with van der Waals surface area (Å²) in [6.45, 7) is 12.5. The van der Waals surface area contributed by atoms with E-state index in [-0.39, 0.29) is 11.5 Å². The summed E-state index contributed by atoms with van der Waals surface area (Å²) >= 11 is 1.72. The number of likely N-dealkylation sites (tertiary alicyclic amines) is 1. The number of phenols is 2. The fraction of sp³-hybridized carbons (Fsp3) is 0.478. The van der Waals surface area contributed by atoms with Crippen molar-refractivity contribution in [2.45, 2.75) is 57.9 Å². The first kappa shape index (κ1) is 23.4. The molecule has 1 aliphatic heterocycles. The third-order valence-corrected chi connectivity index (χ3v) is 5.79. The molecule has 2 atom stereocenters. The molecule has 1 aliphatic rings. The van der Waals surface area contributed by atoms with Gasteiger partial charge in [0.25, 0.3) is 0 Å². The molecular weight excluding hydrogens is 354 g/mol. The van der Waals surface area contributed by atoms with E-state index >= 15 is 0 Å². The van der Waals surface area contributed by atoms with Gasteiger partial charge in [-0.1, -0.05) is 58.0 Å². The number of hydrogen-bond donors (Lipinski definition) is 2. The number of phenolic OH excluding ortho intramolecular Hbond substituents is 2. The predicted octanol–water partition coefficient (Wildman–Crippen LogP) is 6.12. The first-order valence-corrected chi connectivity index (χ1v) is 11.1. The van der Waals surface area contributed by atoms with E-state index in [2.05, 4.69) is 42.2 Å². The number of rotatable bonds is 5. The van der Waals surface area contributed by atoms with Crippen molar-refractivity contribution in [2.24, 2.45) is 0 Å². The van der Waals surface area contributed by atoms with E-state index in [4.69, 9.17) is 0 Å². The highest BCUT2D eigenvalue weighted by molar-refractivity contribution is 7.99. The van der Waals surface area contributed by atoms with E-state index in [1.54, 1.807) is 23.9 Å². The minimum Gasteiger partial charge on any atom is -0.504 e. The van der Waals surface area contributed by atoms with Gasteiger partial charge in [-0.3, -0.25) is 4.90 Å². The zero-order valence-corrected chi connectivity index (χ0v) is 18.2. The summed E-state index contributed by atoms with van der Waals surface area (Å²) in [5.74, 6) is 1.51. The summed E-state index contributed by atoms with van der Waals surface area (Å²) in [6.07, 6.45) is 1.22. The molecule has 1 fully saturated rings. The van der Waals surface area contributed by atoms with Gasteiger partial charge >= 0.3 is 0 Å². The Morgan fingerprint density at radius 3 is 2.30 bits per heavy atom. The highest BCUT2D eigenvalue weighted by atomic mass is 32.2. The van der Waals surface area contributed by atoms with Gasteiger partial charge in [0.15, 0.2) is 11.5 Å². The number of hydrogen-bond acceptors (Lipinski definition) is 4. The molecule has 2 N–H and O–H groups in total. The molecular formula is C23H35NO2S. The van der Waals surface area contributed by atoms with E-state index < -0.39 is 0 Å². The van der Waals surface area contributed by atoms with Crippen LogP contribution in [0.25, 0.3) is 0 Å².